The number of ether oxygens (including phenoxy) is 5. The van der Waals surface area contributed by atoms with Crippen LogP contribution in [0.4, 0.5) is 0 Å². The summed E-state index contributed by atoms with van der Waals surface area (Å²) in [6.07, 6.45) is 69.4. The van der Waals surface area contributed by atoms with Gasteiger partial charge in [-0.2, -0.15) is 0 Å². The number of rotatable bonds is 70. The first-order chi connectivity index (χ1) is 40.9. The lowest BCUT2D eigenvalue weighted by Crippen LogP contribution is -2.37. The van der Waals surface area contributed by atoms with Gasteiger partial charge in [-0.05, 0) is 25.7 Å². The SMILES string of the molecule is CCCCCCCCCCCCCCCCCC(=O)OCC(COC(=O)CCCCCCCCCCCCCCC)OC(COC(=O)CCCCCCCCCCCCCCC)COC(=O)CCCCCCCCCCCCCCCCC. The summed E-state index contributed by atoms with van der Waals surface area (Å²) in [4.78, 5) is 52.4. The molecule has 0 saturated carbocycles. The van der Waals surface area contributed by atoms with Crippen molar-refractivity contribution < 1.29 is 42.9 Å². The maximum atomic E-state index is 13.1. The fourth-order valence-corrected chi connectivity index (χ4v) is 11.4. The Kier molecular flexibility index (Phi) is 67.2. The van der Waals surface area contributed by atoms with Crippen LogP contribution in [0.3, 0.4) is 0 Å². The smallest absolute Gasteiger partial charge is 0.305 e. The third-order valence-electron chi connectivity index (χ3n) is 17.0. The molecule has 0 spiro atoms. The standard InChI is InChI=1S/C74H142O9/c1-5-9-13-17-21-25-29-33-35-39-43-47-51-55-59-63-73(77)81-67-69(65-79-71(75)61-57-53-49-45-41-37-31-27-23-19-15-11-7-3)83-70(66-80-72(76)62-58-54-50-46-42-38-32-28-24-20-16-12-8-4)68-82-74(78)64-60-56-52-48-44-40-36-34-30-26-22-18-14-10-6-2/h69-70H,5-68H2,1-4H3. The molecule has 0 aromatic carbocycles. The summed E-state index contributed by atoms with van der Waals surface area (Å²) in [6, 6.07) is 0. The lowest BCUT2D eigenvalue weighted by molar-refractivity contribution is -0.170. The molecule has 492 valence electrons. The zero-order valence-electron chi connectivity index (χ0n) is 56.1. The van der Waals surface area contributed by atoms with E-state index in [9.17, 15) is 19.2 Å². The highest BCUT2D eigenvalue weighted by Crippen LogP contribution is 2.19. The monoisotopic (exact) mass is 1180 g/mol. The second-order valence-corrected chi connectivity index (χ2v) is 25.5. The Morgan fingerprint density at radius 2 is 0.313 bits per heavy atom. The molecule has 0 amide bonds. The van der Waals surface area contributed by atoms with Gasteiger partial charge >= 0.3 is 23.9 Å². The van der Waals surface area contributed by atoms with Gasteiger partial charge in [0.25, 0.3) is 0 Å². The average Bonchev–Trinajstić information content (AvgIpc) is 3.48. The average molecular weight is 1180 g/mol. The van der Waals surface area contributed by atoms with Crippen LogP contribution in [-0.2, 0) is 42.9 Å². The Bertz CT molecular complexity index is 1240. The molecule has 2 atom stereocenters. The van der Waals surface area contributed by atoms with Crippen LogP contribution in [0, 0.1) is 0 Å². The van der Waals surface area contributed by atoms with E-state index in [0.717, 1.165) is 77.0 Å². The zero-order chi connectivity index (χ0) is 60.3. The van der Waals surface area contributed by atoms with E-state index in [4.69, 9.17) is 23.7 Å². The van der Waals surface area contributed by atoms with Gasteiger partial charge < -0.3 is 23.7 Å². The van der Waals surface area contributed by atoms with Crippen LogP contribution < -0.4 is 0 Å². The second-order valence-electron chi connectivity index (χ2n) is 25.5. The quantitative estimate of drug-likeness (QED) is 0.0334. The predicted octanol–water partition coefficient (Wildman–Crippen LogP) is 23.4. The van der Waals surface area contributed by atoms with E-state index in [1.807, 2.05) is 0 Å². The van der Waals surface area contributed by atoms with Gasteiger partial charge in [0.2, 0.25) is 0 Å². The van der Waals surface area contributed by atoms with E-state index in [1.54, 1.807) is 0 Å². The minimum atomic E-state index is -0.811. The molecule has 2 unspecified atom stereocenters. The van der Waals surface area contributed by atoms with Gasteiger partial charge in [0.1, 0.15) is 38.6 Å². The summed E-state index contributed by atoms with van der Waals surface area (Å²) in [7, 11) is 0. The molecule has 9 nitrogen and oxygen atoms in total. The molecule has 0 aromatic heterocycles. The van der Waals surface area contributed by atoms with Crippen molar-refractivity contribution in [1.82, 2.24) is 0 Å². The highest BCUT2D eigenvalue weighted by Gasteiger charge is 2.24. The zero-order valence-corrected chi connectivity index (χ0v) is 56.1. The molecule has 0 aromatic rings. The van der Waals surface area contributed by atoms with Crippen LogP contribution in [0.2, 0.25) is 0 Å². The Hall–Kier alpha value is -2.16. The second kappa shape index (κ2) is 68.9. The maximum absolute atomic E-state index is 13.1. The molecule has 83 heavy (non-hydrogen) atoms. The van der Waals surface area contributed by atoms with Gasteiger partial charge in [-0.1, -0.05) is 362 Å². The van der Waals surface area contributed by atoms with Gasteiger partial charge in [-0.3, -0.25) is 19.2 Å². The van der Waals surface area contributed by atoms with Crippen LogP contribution in [0.25, 0.3) is 0 Å². The topological polar surface area (TPSA) is 114 Å². The van der Waals surface area contributed by atoms with Gasteiger partial charge in [0, 0.05) is 25.7 Å². The summed E-state index contributed by atoms with van der Waals surface area (Å²) >= 11 is 0. The number of carbonyl (C=O) groups excluding carboxylic acids is 4. The first kappa shape index (κ1) is 80.8. The lowest BCUT2D eigenvalue weighted by atomic mass is 10.0. The first-order valence-electron chi connectivity index (χ1n) is 37.1. The number of hydrogen-bond donors (Lipinski definition) is 0. The molecule has 0 aliphatic carbocycles. The van der Waals surface area contributed by atoms with Crippen LogP contribution in [-0.4, -0.2) is 62.5 Å². The molecule has 0 heterocycles. The lowest BCUT2D eigenvalue weighted by Gasteiger charge is -2.24. The minimum Gasteiger partial charge on any atom is -0.463 e. The molecule has 9 heteroatoms. The van der Waals surface area contributed by atoms with E-state index >= 15 is 0 Å². The van der Waals surface area contributed by atoms with E-state index < -0.39 is 12.2 Å². The van der Waals surface area contributed by atoms with Crippen molar-refractivity contribution in [3.05, 3.63) is 0 Å². The predicted molar refractivity (Wildman–Crippen MR) is 352 cm³/mol. The highest BCUT2D eigenvalue weighted by atomic mass is 16.6. The number of unbranched alkanes of at least 4 members (excludes halogenated alkanes) is 52. The van der Waals surface area contributed by atoms with Crippen molar-refractivity contribution >= 4 is 23.9 Å². The van der Waals surface area contributed by atoms with Crippen LogP contribution in [0.1, 0.15) is 413 Å². The van der Waals surface area contributed by atoms with E-state index in [1.165, 1.54) is 283 Å². The summed E-state index contributed by atoms with van der Waals surface area (Å²) < 4.78 is 29.6. The maximum Gasteiger partial charge on any atom is 0.305 e. The Morgan fingerprint density at radius 1 is 0.193 bits per heavy atom. The van der Waals surface area contributed by atoms with Gasteiger partial charge in [0.15, 0.2) is 0 Å². The largest absolute Gasteiger partial charge is 0.463 e. The molecule has 0 rings (SSSR count). The number of hydrogen-bond acceptors (Lipinski definition) is 9. The third kappa shape index (κ3) is 65.7. The van der Waals surface area contributed by atoms with Crippen molar-refractivity contribution in [3.8, 4) is 0 Å². The summed E-state index contributed by atoms with van der Waals surface area (Å²) in [6.45, 7) is 8.63. The molecular formula is C74H142O9. The minimum absolute atomic E-state index is 0.111. The molecule has 0 radical (unpaired) electrons. The van der Waals surface area contributed by atoms with Crippen molar-refractivity contribution in [2.75, 3.05) is 26.4 Å². The molecule has 0 aliphatic heterocycles. The van der Waals surface area contributed by atoms with E-state index in [-0.39, 0.29) is 50.3 Å². The molecule has 0 bridgehead atoms. The van der Waals surface area contributed by atoms with Gasteiger partial charge in [-0.25, -0.2) is 0 Å². The summed E-state index contributed by atoms with van der Waals surface area (Å²) in [5.74, 6) is -1.22. The molecule has 0 fully saturated rings. The highest BCUT2D eigenvalue weighted by molar-refractivity contribution is 5.70. The Labute approximate surface area is 516 Å². The van der Waals surface area contributed by atoms with E-state index in [0.29, 0.717) is 25.7 Å². The summed E-state index contributed by atoms with van der Waals surface area (Å²) in [5, 5.41) is 0. The Morgan fingerprint density at radius 3 is 0.446 bits per heavy atom. The fraction of sp³-hybridized carbons (Fsp3) is 0.946. The third-order valence-corrected chi connectivity index (χ3v) is 17.0. The van der Waals surface area contributed by atoms with Crippen molar-refractivity contribution in [1.29, 1.82) is 0 Å². The van der Waals surface area contributed by atoms with Crippen LogP contribution in [0.15, 0.2) is 0 Å². The molecular weight excluding hydrogens is 1030 g/mol. The normalized spacial score (nSPS) is 12.2. The molecule has 0 N–H and O–H groups in total. The number of carbonyl (C=O) groups is 4. The van der Waals surface area contributed by atoms with Crippen molar-refractivity contribution in [2.45, 2.75) is 425 Å². The first-order valence-corrected chi connectivity index (χ1v) is 37.1. The Balaban J connectivity index is 5.29. The van der Waals surface area contributed by atoms with Crippen LogP contribution >= 0.6 is 0 Å². The molecule has 0 saturated heterocycles. The number of esters is 4. The van der Waals surface area contributed by atoms with Gasteiger partial charge in [0.05, 0.1) is 0 Å². The van der Waals surface area contributed by atoms with Crippen molar-refractivity contribution in [2.24, 2.45) is 0 Å². The molecule has 0 aliphatic rings. The van der Waals surface area contributed by atoms with Crippen LogP contribution in [0.5, 0.6) is 0 Å². The summed E-state index contributed by atoms with van der Waals surface area (Å²) in [5.41, 5.74) is 0. The fourth-order valence-electron chi connectivity index (χ4n) is 11.4. The van der Waals surface area contributed by atoms with Crippen molar-refractivity contribution in [3.63, 3.8) is 0 Å². The van der Waals surface area contributed by atoms with E-state index in [2.05, 4.69) is 27.7 Å². The van der Waals surface area contributed by atoms with Gasteiger partial charge in [-0.15, -0.1) is 0 Å².